The Hall–Kier alpha value is -2.91. The quantitative estimate of drug-likeness (QED) is 0.339. The number of non-ortho nitro benzene ring substituents is 1. The molecule has 1 atom stereocenters. The van der Waals surface area contributed by atoms with E-state index in [1.165, 1.54) is 31.3 Å². The SMILES string of the molecule is CC(NC(=O)c1cccc([N+](=O)[O-])c1)C(=O)NCCNc1ncc(Cl)cc1Cl. The lowest BCUT2D eigenvalue weighted by Crippen LogP contribution is -2.45. The summed E-state index contributed by atoms with van der Waals surface area (Å²) >= 11 is 11.7. The summed E-state index contributed by atoms with van der Waals surface area (Å²) in [5.41, 5.74) is -0.107. The van der Waals surface area contributed by atoms with Gasteiger partial charge in [0.2, 0.25) is 5.91 Å². The Bertz CT molecular complexity index is 894. The number of rotatable bonds is 8. The third-order valence-corrected chi connectivity index (χ3v) is 4.08. The lowest BCUT2D eigenvalue weighted by molar-refractivity contribution is -0.384. The minimum absolute atomic E-state index is 0.0963. The van der Waals surface area contributed by atoms with E-state index >= 15 is 0 Å². The number of halogens is 2. The Labute approximate surface area is 170 Å². The van der Waals surface area contributed by atoms with Crippen molar-refractivity contribution in [3.8, 4) is 0 Å². The first kappa shape index (κ1) is 21.4. The van der Waals surface area contributed by atoms with E-state index in [1.54, 1.807) is 6.07 Å². The monoisotopic (exact) mass is 425 g/mol. The van der Waals surface area contributed by atoms with Gasteiger partial charge in [0.15, 0.2) is 0 Å². The van der Waals surface area contributed by atoms with E-state index in [0.29, 0.717) is 22.4 Å². The van der Waals surface area contributed by atoms with Gasteiger partial charge < -0.3 is 16.0 Å². The van der Waals surface area contributed by atoms with Gasteiger partial charge in [-0.15, -0.1) is 0 Å². The van der Waals surface area contributed by atoms with E-state index in [9.17, 15) is 19.7 Å². The molecule has 1 heterocycles. The molecule has 0 aliphatic heterocycles. The highest BCUT2D eigenvalue weighted by Gasteiger charge is 2.18. The highest BCUT2D eigenvalue weighted by Crippen LogP contribution is 2.22. The Balaban J connectivity index is 1.80. The zero-order valence-corrected chi connectivity index (χ0v) is 16.3. The molecule has 1 unspecified atom stereocenters. The number of hydrogen-bond acceptors (Lipinski definition) is 6. The number of nitrogens with one attached hydrogen (secondary N) is 3. The van der Waals surface area contributed by atoms with Gasteiger partial charge in [0.05, 0.1) is 15.0 Å². The number of amides is 2. The second-order valence-corrected chi connectivity index (χ2v) is 6.55. The van der Waals surface area contributed by atoms with Crippen LogP contribution in [0.2, 0.25) is 10.0 Å². The zero-order valence-electron chi connectivity index (χ0n) is 14.7. The summed E-state index contributed by atoms with van der Waals surface area (Å²) < 4.78 is 0. The predicted octanol–water partition coefficient (Wildman–Crippen LogP) is 2.64. The fraction of sp³-hybridized carbons (Fsp3) is 0.235. The molecule has 0 aliphatic carbocycles. The number of pyridine rings is 1. The van der Waals surface area contributed by atoms with Gasteiger partial charge in [-0.2, -0.15) is 0 Å². The van der Waals surface area contributed by atoms with Gasteiger partial charge in [-0.05, 0) is 19.1 Å². The van der Waals surface area contributed by atoms with Crippen LogP contribution in [0.4, 0.5) is 11.5 Å². The van der Waals surface area contributed by atoms with Gasteiger partial charge >= 0.3 is 0 Å². The van der Waals surface area contributed by atoms with Gasteiger partial charge in [-0.3, -0.25) is 19.7 Å². The Morgan fingerprint density at radius 1 is 1.25 bits per heavy atom. The van der Waals surface area contributed by atoms with Crippen molar-refractivity contribution in [3.63, 3.8) is 0 Å². The minimum Gasteiger partial charge on any atom is -0.367 e. The Morgan fingerprint density at radius 2 is 2.00 bits per heavy atom. The molecule has 2 aromatic rings. The first-order valence-electron chi connectivity index (χ1n) is 8.16. The molecule has 0 fully saturated rings. The Morgan fingerprint density at radius 3 is 2.68 bits per heavy atom. The summed E-state index contributed by atoms with van der Waals surface area (Å²) in [6, 6.07) is 5.97. The van der Waals surface area contributed by atoms with E-state index in [0.717, 1.165) is 6.07 Å². The van der Waals surface area contributed by atoms with E-state index < -0.39 is 22.8 Å². The van der Waals surface area contributed by atoms with Crippen molar-refractivity contribution in [2.75, 3.05) is 18.4 Å². The molecule has 28 heavy (non-hydrogen) atoms. The topological polar surface area (TPSA) is 126 Å². The number of aromatic nitrogens is 1. The smallest absolute Gasteiger partial charge is 0.270 e. The van der Waals surface area contributed by atoms with E-state index in [1.807, 2.05) is 0 Å². The van der Waals surface area contributed by atoms with Crippen molar-refractivity contribution < 1.29 is 14.5 Å². The highest BCUT2D eigenvalue weighted by molar-refractivity contribution is 6.35. The second kappa shape index (κ2) is 9.86. The van der Waals surface area contributed by atoms with Crippen molar-refractivity contribution >= 4 is 46.5 Å². The van der Waals surface area contributed by atoms with Crippen LogP contribution in [-0.2, 0) is 4.79 Å². The van der Waals surface area contributed by atoms with Crippen LogP contribution in [0.15, 0.2) is 36.5 Å². The number of carbonyl (C=O) groups excluding carboxylic acids is 2. The zero-order chi connectivity index (χ0) is 20.7. The summed E-state index contributed by atoms with van der Waals surface area (Å²) in [6.07, 6.45) is 1.44. The lowest BCUT2D eigenvalue weighted by atomic mass is 10.1. The molecule has 1 aromatic heterocycles. The van der Waals surface area contributed by atoms with E-state index in [2.05, 4.69) is 20.9 Å². The molecule has 11 heteroatoms. The van der Waals surface area contributed by atoms with Crippen LogP contribution in [-0.4, -0.2) is 40.9 Å². The number of hydrogen-bond donors (Lipinski definition) is 3. The summed E-state index contributed by atoms with van der Waals surface area (Å²) in [6.45, 7) is 2.12. The van der Waals surface area contributed by atoms with Gasteiger partial charge in [0, 0.05) is 37.0 Å². The fourth-order valence-electron chi connectivity index (χ4n) is 2.17. The first-order chi connectivity index (χ1) is 13.3. The number of benzene rings is 1. The maximum atomic E-state index is 12.2. The maximum Gasteiger partial charge on any atom is 0.270 e. The summed E-state index contributed by atoms with van der Waals surface area (Å²) in [7, 11) is 0. The molecule has 0 saturated carbocycles. The molecule has 148 valence electrons. The van der Waals surface area contributed by atoms with Crippen molar-refractivity contribution in [2.24, 2.45) is 0 Å². The van der Waals surface area contributed by atoms with E-state index in [-0.39, 0.29) is 17.8 Å². The molecule has 0 saturated heterocycles. The highest BCUT2D eigenvalue weighted by atomic mass is 35.5. The van der Waals surface area contributed by atoms with Crippen LogP contribution in [0, 0.1) is 10.1 Å². The minimum atomic E-state index is -0.830. The van der Waals surface area contributed by atoms with Gasteiger partial charge in [-0.1, -0.05) is 29.3 Å². The average molecular weight is 426 g/mol. The third-order valence-electron chi connectivity index (χ3n) is 3.58. The van der Waals surface area contributed by atoms with Crippen LogP contribution in [0.25, 0.3) is 0 Å². The summed E-state index contributed by atoms with van der Waals surface area (Å²) in [5.74, 6) is -0.551. The summed E-state index contributed by atoms with van der Waals surface area (Å²) in [5, 5.41) is 19.6. The molecular formula is C17H17Cl2N5O4. The molecule has 1 aromatic carbocycles. The Kier molecular flexibility index (Phi) is 7.53. The molecule has 0 spiro atoms. The standard InChI is InChI=1S/C17H17Cl2N5O4/c1-10(23-17(26)11-3-2-4-13(7-11)24(27)28)16(25)21-6-5-20-15-14(19)8-12(18)9-22-15/h2-4,7-10H,5-6H2,1H3,(H,20,22)(H,21,25)(H,23,26). The number of anilines is 1. The molecular weight excluding hydrogens is 409 g/mol. The molecule has 0 aliphatic rings. The lowest BCUT2D eigenvalue weighted by Gasteiger charge is -2.14. The number of nitrogens with zero attached hydrogens (tertiary/aromatic N) is 2. The third kappa shape index (κ3) is 6.07. The predicted molar refractivity (Wildman–Crippen MR) is 106 cm³/mol. The normalized spacial score (nSPS) is 11.4. The van der Waals surface area contributed by atoms with Gasteiger partial charge in [-0.25, -0.2) is 4.98 Å². The van der Waals surface area contributed by atoms with E-state index in [4.69, 9.17) is 23.2 Å². The van der Waals surface area contributed by atoms with Crippen LogP contribution < -0.4 is 16.0 Å². The molecule has 2 amide bonds. The number of carbonyl (C=O) groups is 2. The molecule has 9 nitrogen and oxygen atoms in total. The average Bonchev–Trinajstić information content (AvgIpc) is 2.66. The second-order valence-electron chi connectivity index (χ2n) is 5.70. The molecule has 2 rings (SSSR count). The largest absolute Gasteiger partial charge is 0.367 e. The van der Waals surface area contributed by atoms with Crippen LogP contribution in [0.5, 0.6) is 0 Å². The van der Waals surface area contributed by atoms with Crippen molar-refractivity contribution in [2.45, 2.75) is 13.0 Å². The van der Waals surface area contributed by atoms with Crippen LogP contribution in [0.3, 0.4) is 0 Å². The van der Waals surface area contributed by atoms with Crippen molar-refractivity contribution in [3.05, 3.63) is 62.3 Å². The maximum absolute atomic E-state index is 12.2. The van der Waals surface area contributed by atoms with Crippen LogP contribution >= 0.6 is 23.2 Å². The fourth-order valence-corrected chi connectivity index (χ4v) is 2.62. The molecule has 0 bridgehead atoms. The number of nitro groups is 1. The number of nitro benzene ring substituents is 1. The van der Waals surface area contributed by atoms with Gasteiger partial charge in [0.25, 0.3) is 11.6 Å². The summed E-state index contributed by atoms with van der Waals surface area (Å²) in [4.78, 5) is 38.5. The van der Waals surface area contributed by atoms with Crippen molar-refractivity contribution in [1.29, 1.82) is 0 Å². The molecule has 0 radical (unpaired) electrons. The van der Waals surface area contributed by atoms with Crippen molar-refractivity contribution in [1.82, 2.24) is 15.6 Å². The van der Waals surface area contributed by atoms with Gasteiger partial charge in [0.1, 0.15) is 11.9 Å². The molecule has 3 N–H and O–H groups in total. The van der Waals surface area contributed by atoms with Crippen LogP contribution in [0.1, 0.15) is 17.3 Å². The first-order valence-corrected chi connectivity index (χ1v) is 8.91.